The van der Waals surface area contributed by atoms with Crippen molar-refractivity contribution in [2.75, 3.05) is 18.5 Å². The van der Waals surface area contributed by atoms with E-state index in [1.54, 1.807) is 24.4 Å². The van der Waals surface area contributed by atoms with E-state index in [4.69, 9.17) is 4.74 Å². The van der Waals surface area contributed by atoms with Crippen LogP contribution in [0.4, 0.5) is 9.39 Å². The van der Waals surface area contributed by atoms with Crippen molar-refractivity contribution >= 4 is 28.2 Å². The van der Waals surface area contributed by atoms with Crippen LogP contribution in [0.3, 0.4) is 0 Å². The van der Waals surface area contributed by atoms with E-state index < -0.39 is 5.97 Å². The molecule has 0 saturated carbocycles. The lowest BCUT2D eigenvalue weighted by atomic mass is 10.0. The maximum Gasteiger partial charge on any atom is 0.341 e. The number of anilines is 1. The van der Waals surface area contributed by atoms with Crippen molar-refractivity contribution in [2.45, 2.75) is 13.5 Å². The van der Waals surface area contributed by atoms with Crippen LogP contribution in [0.5, 0.6) is 0 Å². The maximum atomic E-state index is 13.2. The standard InChI is InChI=1S/C22H21FN2O3S/c1-2-28-22(27)20-18(16-8-10-17(23)11-9-16)14-29-21(20)25-19(26)13-24-12-15-6-4-3-5-7-15/h3-11,14,24H,2,12-13H2,1H3,(H,25,26). The highest BCUT2D eigenvalue weighted by Crippen LogP contribution is 2.36. The average Bonchev–Trinajstić information content (AvgIpc) is 3.13. The van der Waals surface area contributed by atoms with Crippen LogP contribution in [0.1, 0.15) is 22.8 Å². The Morgan fingerprint density at radius 1 is 1.07 bits per heavy atom. The second-order valence-electron chi connectivity index (χ2n) is 6.22. The van der Waals surface area contributed by atoms with Gasteiger partial charge in [0.1, 0.15) is 16.4 Å². The normalized spacial score (nSPS) is 10.6. The zero-order valence-corrected chi connectivity index (χ0v) is 16.7. The van der Waals surface area contributed by atoms with E-state index in [2.05, 4.69) is 10.6 Å². The van der Waals surface area contributed by atoms with Crippen LogP contribution in [-0.2, 0) is 16.1 Å². The van der Waals surface area contributed by atoms with Gasteiger partial charge in [-0.15, -0.1) is 11.3 Å². The van der Waals surface area contributed by atoms with Crippen LogP contribution in [-0.4, -0.2) is 25.0 Å². The number of carbonyl (C=O) groups is 2. The molecule has 0 aliphatic heterocycles. The Labute approximate surface area is 172 Å². The Balaban J connectivity index is 1.73. The number of benzene rings is 2. The lowest BCUT2D eigenvalue weighted by molar-refractivity contribution is -0.115. The molecule has 0 aliphatic rings. The Morgan fingerprint density at radius 2 is 1.79 bits per heavy atom. The van der Waals surface area contributed by atoms with Gasteiger partial charge in [0.05, 0.1) is 13.2 Å². The zero-order chi connectivity index (χ0) is 20.6. The topological polar surface area (TPSA) is 67.4 Å². The molecule has 1 aromatic heterocycles. The number of rotatable bonds is 8. The highest BCUT2D eigenvalue weighted by Gasteiger charge is 2.22. The fourth-order valence-electron chi connectivity index (χ4n) is 2.78. The summed E-state index contributed by atoms with van der Waals surface area (Å²) in [5.41, 5.74) is 2.62. The van der Waals surface area contributed by atoms with Gasteiger partial charge in [-0.2, -0.15) is 0 Å². The van der Waals surface area contributed by atoms with Gasteiger partial charge < -0.3 is 15.4 Å². The number of ether oxygens (including phenoxy) is 1. The first kappa shape index (κ1) is 20.7. The largest absolute Gasteiger partial charge is 0.462 e. The highest BCUT2D eigenvalue weighted by molar-refractivity contribution is 7.15. The van der Waals surface area contributed by atoms with Crippen LogP contribution in [0.15, 0.2) is 60.0 Å². The molecule has 1 heterocycles. The molecule has 0 spiro atoms. The second-order valence-corrected chi connectivity index (χ2v) is 7.10. The molecule has 0 bridgehead atoms. The van der Waals surface area contributed by atoms with Crippen molar-refractivity contribution in [2.24, 2.45) is 0 Å². The summed E-state index contributed by atoms with van der Waals surface area (Å²) >= 11 is 1.23. The molecule has 150 valence electrons. The Hall–Kier alpha value is -3.03. The van der Waals surface area contributed by atoms with E-state index in [-0.39, 0.29) is 30.4 Å². The Bertz CT molecular complexity index is 971. The summed E-state index contributed by atoms with van der Waals surface area (Å²) in [5.74, 6) is -1.15. The summed E-state index contributed by atoms with van der Waals surface area (Å²) in [5, 5.41) is 8.02. The van der Waals surface area contributed by atoms with Gasteiger partial charge in [-0.1, -0.05) is 42.5 Å². The number of amides is 1. The third-order valence-corrected chi connectivity index (χ3v) is 5.03. The molecule has 3 aromatic rings. The predicted molar refractivity (Wildman–Crippen MR) is 112 cm³/mol. The van der Waals surface area contributed by atoms with Crippen molar-refractivity contribution in [1.82, 2.24) is 5.32 Å². The second kappa shape index (κ2) is 9.95. The fourth-order valence-corrected chi connectivity index (χ4v) is 3.76. The Morgan fingerprint density at radius 3 is 2.48 bits per heavy atom. The van der Waals surface area contributed by atoms with Gasteiger partial charge in [0.15, 0.2) is 0 Å². The molecule has 2 aromatic carbocycles. The summed E-state index contributed by atoms with van der Waals surface area (Å²) in [7, 11) is 0. The fraction of sp³-hybridized carbons (Fsp3) is 0.182. The van der Waals surface area contributed by atoms with Crippen molar-refractivity contribution < 1.29 is 18.7 Å². The van der Waals surface area contributed by atoms with Crippen LogP contribution in [0, 0.1) is 5.82 Å². The number of halogens is 1. The minimum atomic E-state index is -0.527. The number of thiophene rings is 1. The van der Waals surface area contributed by atoms with E-state index in [9.17, 15) is 14.0 Å². The molecule has 0 saturated heterocycles. The minimum Gasteiger partial charge on any atom is -0.462 e. The van der Waals surface area contributed by atoms with E-state index in [1.165, 1.54) is 23.5 Å². The first-order chi connectivity index (χ1) is 14.1. The number of nitrogens with one attached hydrogen (secondary N) is 2. The first-order valence-corrected chi connectivity index (χ1v) is 10.1. The summed E-state index contributed by atoms with van der Waals surface area (Å²) in [4.78, 5) is 24.9. The van der Waals surface area contributed by atoms with Crippen molar-refractivity contribution in [3.8, 4) is 11.1 Å². The van der Waals surface area contributed by atoms with Gasteiger partial charge in [-0.3, -0.25) is 4.79 Å². The van der Waals surface area contributed by atoms with Crippen LogP contribution in [0.25, 0.3) is 11.1 Å². The third kappa shape index (κ3) is 5.49. The molecule has 0 radical (unpaired) electrons. The monoisotopic (exact) mass is 412 g/mol. The smallest absolute Gasteiger partial charge is 0.341 e. The van der Waals surface area contributed by atoms with E-state index in [0.717, 1.165) is 5.56 Å². The van der Waals surface area contributed by atoms with Crippen LogP contribution >= 0.6 is 11.3 Å². The summed E-state index contributed by atoms with van der Waals surface area (Å²) in [6, 6.07) is 15.6. The quantitative estimate of drug-likeness (QED) is 0.536. The molecule has 0 fully saturated rings. The number of esters is 1. The van der Waals surface area contributed by atoms with Crippen molar-refractivity contribution in [3.63, 3.8) is 0 Å². The molecule has 0 aliphatic carbocycles. The molecular weight excluding hydrogens is 391 g/mol. The van der Waals surface area contributed by atoms with Gasteiger partial charge >= 0.3 is 5.97 Å². The molecule has 2 N–H and O–H groups in total. The molecular formula is C22H21FN2O3S. The van der Waals surface area contributed by atoms with Gasteiger partial charge in [0.25, 0.3) is 0 Å². The van der Waals surface area contributed by atoms with Crippen molar-refractivity contribution in [1.29, 1.82) is 0 Å². The summed E-state index contributed by atoms with van der Waals surface area (Å²) in [6.07, 6.45) is 0. The molecule has 0 atom stereocenters. The first-order valence-electron chi connectivity index (χ1n) is 9.17. The predicted octanol–water partition coefficient (Wildman–Crippen LogP) is 4.46. The summed E-state index contributed by atoms with van der Waals surface area (Å²) < 4.78 is 18.4. The molecule has 5 nitrogen and oxygen atoms in total. The van der Waals surface area contributed by atoms with Gasteiger partial charge in [-0.05, 0) is 30.2 Å². The zero-order valence-electron chi connectivity index (χ0n) is 15.9. The van der Waals surface area contributed by atoms with E-state index >= 15 is 0 Å². The van der Waals surface area contributed by atoms with Gasteiger partial charge in [0.2, 0.25) is 5.91 Å². The Kier molecular flexibility index (Phi) is 7.10. The molecule has 29 heavy (non-hydrogen) atoms. The molecule has 0 unspecified atom stereocenters. The molecule has 1 amide bonds. The molecule has 7 heteroatoms. The lowest BCUT2D eigenvalue weighted by Crippen LogP contribution is -2.28. The van der Waals surface area contributed by atoms with E-state index in [0.29, 0.717) is 22.7 Å². The maximum absolute atomic E-state index is 13.2. The van der Waals surface area contributed by atoms with Crippen LogP contribution < -0.4 is 10.6 Å². The van der Waals surface area contributed by atoms with Gasteiger partial charge in [-0.25, -0.2) is 9.18 Å². The highest BCUT2D eigenvalue weighted by atomic mass is 32.1. The molecule has 3 rings (SSSR count). The number of hydrogen-bond donors (Lipinski definition) is 2. The number of hydrogen-bond acceptors (Lipinski definition) is 5. The minimum absolute atomic E-state index is 0.0982. The third-order valence-electron chi connectivity index (χ3n) is 4.14. The van der Waals surface area contributed by atoms with E-state index in [1.807, 2.05) is 30.3 Å². The summed E-state index contributed by atoms with van der Waals surface area (Å²) in [6.45, 7) is 2.59. The number of carbonyl (C=O) groups excluding carboxylic acids is 2. The lowest BCUT2D eigenvalue weighted by Gasteiger charge is -2.09. The van der Waals surface area contributed by atoms with Crippen molar-refractivity contribution in [3.05, 3.63) is 76.9 Å². The van der Waals surface area contributed by atoms with Crippen LogP contribution in [0.2, 0.25) is 0 Å². The SMILES string of the molecule is CCOC(=O)c1c(-c2ccc(F)cc2)csc1NC(=O)CNCc1ccccc1. The van der Waals surface area contributed by atoms with Gasteiger partial charge in [0, 0.05) is 17.5 Å². The average molecular weight is 412 g/mol.